The van der Waals surface area contributed by atoms with Crippen molar-refractivity contribution < 1.29 is 0 Å². The smallest absolute Gasteiger partial charge is 0.223 e. The highest BCUT2D eigenvalue weighted by Crippen LogP contribution is 2.12. The molecule has 2 heterocycles. The standard InChI is InChI=1S/C10H15N7/c1-6-7(5-17(2)16-6)4-13-9-3-8(11)14-10(12)15-9/h3,5H,4H2,1-2H3,(H5,11,12,13,14,15). The Hall–Kier alpha value is -2.31. The molecule has 0 radical (unpaired) electrons. The zero-order valence-electron chi connectivity index (χ0n) is 9.81. The van der Waals surface area contributed by atoms with Crippen LogP contribution in [0.15, 0.2) is 12.3 Å². The van der Waals surface area contributed by atoms with Gasteiger partial charge >= 0.3 is 0 Å². The second-order valence-corrected chi connectivity index (χ2v) is 3.80. The van der Waals surface area contributed by atoms with Gasteiger partial charge in [-0.1, -0.05) is 0 Å². The molecule has 2 aromatic rings. The summed E-state index contributed by atoms with van der Waals surface area (Å²) in [6.45, 7) is 2.58. The summed E-state index contributed by atoms with van der Waals surface area (Å²) in [5.41, 5.74) is 13.2. The Bertz CT molecular complexity index is 511. The molecule has 0 bridgehead atoms. The molecule has 0 aliphatic rings. The second-order valence-electron chi connectivity index (χ2n) is 3.80. The van der Waals surface area contributed by atoms with Crippen LogP contribution in [-0.2, 0) is 13.6 Å². The van der Waals surface area contributed by atoms with Gasteiger partial charge in [0.05, 0.1) is 5.69 Å². The largest absolute Gasteiger partial charge is 0.383 e. The lowest BCUT2D eigenvalue weighted by Crippen LogP contribution is -2.06. The number of nitrogen functional groups attached to an aromatic ring is 2. The van der Waals surface area contributed by atoms with Gasteiger partial charge in [0.25, 0.3) is 0 Å². The molecule has 0 spiro atoms. The van der Waals surface area contributed by atoms with Crippen LogP contribution >= 0.6 is 0 Å². The molecular weight excluding hydrogens is 218 g/mol. The Kier molecular flexibility index (Phi) is 2.82. The normalized spacial score (nSPS) is 10.5. The molecular formula is C10H15N7. The summed E-state index contributed by atoms with van der Waals surface area (Å²) in [4.78, 5) is 7.83. The molecule has 0 fully saturated rings. The van der Waals surface area contributed by atoms with Crippen molar-refractivity contribution in [1.29, 1.82) is 0 Å². The highest BCUT2D eigenvalue weighted by Gasteiger charge is 2.04. The third-order valence-corrected chi connectivity index (χ3v) is 2.34. The number of nitrogens with zero attached hydrogens (tertiary/aromatic N) is 4. The molecule has 0 saturated carbocycles. The monoisotopic (exact) mass is 233 g/mol. The number of rotatable bonds is 3. The van der Waals surface area contributed by atoms with E-state index in [2.05, 4.69) is 20.4 Å². The summed E-state index contributed by atoms with van der Waals surface area (Å²) in [6, 6.07) is 1.64. The zero-order valence-corrected chi connectivity index (χ0v) is 9.81. The lowest BCUT2D eigenvalue weighted by molar-refractivity contribution is 0.756. The van der Waals surface area contributed by atoms with E-state index < -0.39 is 0 Å². The van der Waals surface area contributed by atoms with Crippen molar-refractivity contribution >= 4 is 17.6 Å². The lowest BCUT2D eigenvalue weighted by atomic mass is 10.2. The van der Waals surface area contributed by atoms with E-state index in [4.69, 9.17) is 11.5 Å². The molecule has 2 aromatic heterocycles. The maximum atomic E-state index is 5.57. The first-order valence-corrected chi connectivity index (χ1v) is 5.17. The zero-order chi connectivity index (χ0) is 12.4. The second kappa shape index (κ2) is 4.28. The lowest BCUT2D eigenvalue weighted by Gasteiger charge is -2.05. The minimum Gasteiger partial charge on any atom is -0.383 e. The number of hydrogen-bond donors (Lipinski definition) is 3. The summed E-state index contributed by atoms with van der Waals surface area (Å²) in [6.07, 6.45) is 1.95. The Morgan fingerprint density at radius 3 is 2.71 bits per heavy atom. The molecule has 7 nitrogen and oxygen atoms in total. The minimum atomic E-state index is 0.162. The third kappa shape index (κ3) is 2.63. The first-order valence-electron chi connectivity index (χ1n) is 5.17. The number of anilines is 3. The Balaban J connectivity index is 2.09. The van der Waals surface area contributed by atoms with E-state index in [0.717, 1.165) is 11.3 Å². The van der Waals surface area contributed by atoms with Crippen molar-refractivity contribution in [2.24, 2.45) is 7.05 Å². The number of aromatic nitrogens is 4. The summed E-state index contributed by atoms with van der Waals surface area (Å²) in [5.74, 6) is 1.12. The van der Waals surface area contributed by atoms with Gasteiger partial charge in [-0.25, -0.2) is 0 Å². The topological polar surface area (TPSA) is 108 Å². The van der Waals surface area contributed by atoms with Gasteiger partial charge in [-0.15, -0.1) is 0 Å². The number of aryl methyl sites for hydroxylation is 2. The summed E-state index contributed by atoms with van der Waals surface area (Å²) in [5, 5.41) is 7.39. The average Bonchev–Trinajstić information content (AvgIpc) is 2.53. The molecule has 0 atom stereocenters. The molecule has 0 aliphatic heterocycles. The molecule has 0 saturated heterocycles. The molecule has 7 heteroatoms. The van der Waals surface area contributed by atoms with Crippen LogP contribution in [0.2, 0.25) is 0 Å². The van der Waals surface area contributed by atoms with Crippen LogP contribution in [0.3, 0.4) is 0 Å². The van der Waals surface area contributed by atoms with E-state index in [0.29, 0.717) is 18.2 Å². The average molecular weight is 233 g/mol. The molecule has 0 aromatic carbocycles. The van der Waals surface area contributed by atoms with Crippen LogP contribution in [0.25, 0.3) is 0 Å². The van der Waals surface area contributed by atoms with Gasteiger partial charge in [-0.05, 0) is 6.92 Å². The van der Waals surface area contributed by atoms with Gasteiger partial charge in [0.15, 0.2) is 0 Å². The van der Waals surface area contributed by atoms with Gasteiger partial charge < -0.3 is 16.8 Å². The van der Waals surface area contributed by atoms with Crippen LogP contribution in [-0.4, -0.2) is 19.7 Å². The van der Waals surface area contributed by atoms with Crippen LogP contribution in [0.1, 0.15) is 11.3 Å². The van der Waals surface area contributed by atoms with Crippen LogP contribution in [0.4, 0.5) is 17.6 Å². The predicted octanol–water partition coefficient (Wildman–Crippen LogP) is 0.295. The molecule has 90 valence electrons. The molecule has 17 heavy (non-hydrogen) atoms. The Morgan fingerprint density at radius 1 is 1.35 bits per heavy atom. The molecule has 2 rings (SSSR count). The van der Waals surface area contributed by atoms with Crippen LogP contribution in [0, 0.1) is 6.92 Å². The number of nitrogens with one attached hydrogen (secondary N) is 1. The third-order valence-electron chi connectivity index (χ3n) is 2.34. The van der Waals surface area contributed by atoms with E-state index in [1.54, 1.807) is 10.7 Å². The quantitative estimate of drug-likeness (QED) is 0.703. The molecule has 0 amide bonds. The van der Waals surface area contributed by atoms with Gasteiger partial charge in [0.1, 0.15) is 11.6 Å². The first-order chi connectivity index (χ1) is 8.04. The van der Waals surface area contributed by atoms with Crippen LogP contribution < -0.4 is 16.8 Å². The minimum absolute atomic E-state index is 0.162. The van der Waals surface area contributed by atoms with Gasteiger partial charge in [0.2, 0.25) is 5.95 Å². The van der Waals surface area contributed by atoms with E-state index in [1.807, 2.05) is 20.2 Å². The Labute approximate surface area is 98.9 Å². The van der Waals surface area contributed by atoms with Crippen molar-refractivity contribution in [1.82, 2.24) is 19.7 Å². The molecule has 5 N–H and O–H groups in total. The number of nitrogens with two attached hydrogens (primary N) is 2. The van der Waals surface area contributed by atoms with Crippen molar-refractivity contribution in [3.63, 3.8) is 0 Å². The first kappa shape index (κ1) is 11.2. The maximum absolute atomic E-state index is 5.57. The maximum Gasteiger partial charge on any atom is 0.223 e. The van der Waals surface area contributed by atoms with Crippen molar-refractivity contribution in [2.45, 2.75) is 13.5 Å². The fourth-order valence-electron chi connectivity index (χ4n) is 1.58. The summed E-state index contributed by atoms with van der Waals surface area (Å²) in [7, 11) is 1.89. The van der Waals surface area contributed by atoms with E-state index >= 15 is 0 Å². The summed E-state index contributed by atoms with van der Waals surface area (Å²) >= 11 is 0. The van der Waals surface area contributed by atoms with Gasteiger partial charge in [-0.2, -0.15) is 15.1 Å². The highest BCUT2D eigenvalue weighted by atomic mass is 15.3. The SMILES string of the molecule is Cc1nn(C)cc1CNc1cc(N)nc(N)n1. The Morgan fingerprint density at radius 2 is 2.12 bits per heavy atom. The van der Waals surface area contributed by atoms with Crippen molar-refractivity contribution in [3.05, 3.63) is 23.5 Å². The fraction of sp³-hybridized carbons (Fsp3) is 0.300. The van der Waals surface area contributed by atoms with E-state index in [-0.39, 0.29) is 5.95 Å². The van der Waals surface area contributed by atoms with E-state index in [9.17, 15) is 0 Å². The van der Waals surface area contributed by atoms with Crippen molar-refractivity contribution in [2.75, 3.05) is 16.8 Å². The summed E-state index contributed by atoms with van der Waals surface area (Å²) < 4.78 is 1.77. The van der Waals surface area contributed by atoms with Gasteiger partial charge in [-0.3, -0.25) is 4.68 Å². The highest BCUT2D eigenvalue weighted by molar-refractivity contribution is 5.48. The predicted molar refractivity (Wildman–Crippen MR) is 66.1 cm³/mol. The number of hydrogen-bond acceptors (Lipinski definition) is 6. The fourth-order valence-corrected chi connectivity index (χ4v) is 1.58. The van der Waals surface area contributed by atoms with Gasteiger partial charge in [0, 0.05) is 31.4 Å². The van der Waals surface area contributed by atoms with Crippen molar-refractivity contribution in [3.8, 4) is 0 Å². The van der Waals surface area contributed by atoms with Crippen LogP contribution in [0.5, 0.6) is 0 Å². The molecule has 0 unspecified atom stereocenters. The molecule has 0 aliphatic carbocycles. The van der Waals surface area contributed by atoms with E-state index in [1.165, 1.54) is 0 Å².